The summed E-state index contributed by atoms with van der Waals surface area (Å²) in [4.78, 5) is 26.5. The monoisotopic (exact) mass is 929 g/mol. The first kappa shape index (κ1) is 51.8. The number of nitrogens with zero attached hydrogens (tertiary/aromatic N) is 1. The number of sulfonamides is 2. The van der Waals surface area contributed by atoms with Gasteiger partial charge < -0.3 is 54.2 Å². The molecule has 0 radical (unpaired) electrons. The maximum Gasteiger partial charge on any atom is 0.252 e. The second kappa shape index (κ2) is 27.5. The van der Waals surface area contributed by atoms with Gasteiger partial charge in [0.25, 0.3) is 11.8 Å². The van der Waals surface area contributed by atoms with Gasteiger partial charge in [0.1, 0.15) is 0 Å². The molecule has 60 heavy (non-hydrogen) atoms. The minimum Gasteiger partial charge on any atom is -0.380 e. The van der Waals surface area contributed by atoms with Gasteiger partial charge in [-0.25, -0.2) is 26.3 Å². The fourth-order valence-electron chi connectivity index (χ4n) is 5.73. The molecule has 3 atom stereocenters. The van der Waals surface area contributed by atoms with E-state index in [4.69, 9.17) is 51.6 Å². The maximum absolute atomic E-state index is 13.1. The standard InChI is InChI=1S/C37H57Cl2N5O14S2/c1-44-25-31(30-23-28(38)24-33(39)32(30)26-44)27-4-3-5-29(22-27)60(51,52)43-9-13-56-17-21-58-19-15-54-11-7-41-37(48)35(46)34(45)36(47)40-6-10-53-14-18-57-20-16-55-12-8-42-59(2,49)50/h3-5,22-24,31,34-35,42-43,45-46H,6-21,25-26H2,1-2H3,(H,40,47)(H,41,48)/t31-,34-,35-/m0/s1. The number of hydrogen-bond acceptors (Lipinski definition) is 15. The summed E-state index contributed by atoms with van der Waals surface area (Å²) in [5.74, 6) is -2.01. The van der Waals surface area contributed by atoms with Crippen molar-refractivity contribution in [3.05, 3.63) is 63.1 Å². The van der Waals surface area contributed by atoms with Gasteiger partial charge in [0.15, 0.2) is 12.2 Å². The van der Waals surface area contributed by atoms with E-state index in [9.17, 15) is 36.6 Å². The maximum atomic E-state index is 13.1. The minimum atomic E-state index is -3.81. The van der Waals surface area contributed by atoms with Gasteiger partial charge in [0.2, 0.25) is 20.0 Å². The van der Waals surface area contributed by atoms with E-state index in [1.807, 2.05) is 19.2 Å². The van der Waals surface area contributed by atoms with E-state index in [1.165, 1.54) is 0 Å². The Hall–Kier alpha value is -2.58. The molecule has 1 aliphatic heterocycles. The molecule has 0 aromatic heterocycles. The third kappa shape index (κ3) is 19.6. The van der Waals surface area contributed by atoms with Crippen LogP contribution in [0.1, 0.15) is 22.6 Å². The predicted molar refractivity (Wildman–Crippen MR) is 222 cm³/mol. The highest BCUT2D eigenvalue weighted by Crippen LogP contribution is 2.38. The van der Waals surface area contributed by atoms with Crippen LogP contribution in [0.3, 0.4) is 0 Å². The normalized spacial score (nSPS) is 15.7. The number of ether oxygens (including phenoxy) is 6. The Morgan fingerprint density at radius 2 is 1.18 bits per heavy atom. The van der Waals surface area contributed by atoms with Crippen molar-refractivity contribution in [2.75, 3.05) is 125 Å². The summed E-state index contributed by atoms with van der Waals surface area (Å²) in [5, 5.41) is 25.9. The molecule has 0 bridgehead atoms. The van der Waals surface area contributed by atoms with E-state index < -0.39 is 44.1 Å². The summed E-state index contributed by atoms with van der Waals surface area (Å²) in [6.07, 6.45) is -2.94. The van der Waals surface area contributed by atoms with Gasteiger partial charge in [-0.05, 0) is 48.0 Å². The lowest BCUT2D eigenvalue weighted by Gasteiger charge is -2.33. The number of nitrogens with one attached hydrogen (secondary N) is 4. The Morgan fingerprint density at radius 3 is 1.68 bits per heavy atom. The molecule has 0 saturated heterocycles. The zero-order valence-corrected chi connectivity index (χ0v) is 36.9. The fourth-order valence-corrected chi connectivity index (χ4v) is 7.82. The van der Waals surface area contributed by atoms with Gasteiger partial charge in [-0.15, -0.1) is 0 Å². The van der Waals surface area contributed by atoms with Gasteiger partial charge in [-0.1, -0.05) is 35.3 Å². The van der Waals surface area contributed by atoms with E-state index in [1.54, 1.807) is 24.3 Å². The van der Waals surface area contributed by atoms with Crippen LogP contribution in [0, 0.1) is 0 Å². The van der Waals surface area contributed by atoms with Gasteiger partial charge >= 0.3 is 0 Å². The summed E-state index contributed by atoms with van der Waals surface area (Å²) in [6, 6.07) is 10.4. The third-order valence-corrected chi connectivity index (χ3v) is 11.4. The van der Waals surface area contributed by atoms with Crippen LogP contribution in [0.25, 0.3) is 0 Å². The van der Waals surface area contributed by atoms with Crippen LogP contribution in [0.4, 0.5) is 0 Å². The van der Waals surface area contributed by atoms with E-state index in [2.05, 4.69) is 25.0 Å². The number of aliphatic hydroxyl groups excluding tert-OH is 2. The van der Waals surface area contributed by atoms with Crippen molar-refractivity contribution in [3.8, 4) is 0 Å². The summed E-state index contributed by atoms with van der Waals surface area (Å²) in [6.45, 7) is 4.01. The lowest BCUT2D eigenvalue weighted by atomic mass is 9.85. The molecule has 23 heteroatoms. The molecule has 0 aliphatic carbocycles. The van der Waals surface area contributed by atoms with Gasteiger partial charge in [-0.2, -0.15) is 0 Å². The predicted octanol–water partition coefficient (Wildman–Crippen LogP) is -0.548. The second-order valence-electron chi connectivity index (χ2n) is 13.5. The molecule has 2 amide bonds. The number of carbonyl (C=O) groups is 2. The van der Waals surface area contributed by atoms with E-state index in [0.717, 1.165) is 22.9 Å². The molecular formula is C37H57Cl2N5O14S2. The Kier molecular flexibility index (Phi) is 23.7. The van der Waals surface area contributed by atoms with Crippen LogP contribution in [0.5, 0.6) is 0 Å². The van der Waals surface area contributed by atoms with Crippen molar-refractivity contribution in [1.29, 1.82) is 0 Å². The molecule has 19 nitrogen and oxygen atoms in total. The zero-order valence-electron chi connectivity index (χ0n) is 33.7. The highest BCUT2D eigenvalue weighted by Gasteiger charge is 2.30. The van der Waals surface area contributed by atoms with E-state index >= 15 is 0 Å². The van der Waals surface area contributed by atoms with Crippen molar-refractivity contribution in [2.45, 2.75) is 29.6 Å². The Balaban J connectivity index is 1.16. The van der Waals surface area contributed by atoms with Crippen molar-refractivity contribution >= 4 is 55.1 Å². The number of likely N-dealkylation sites (N-methyl/N-ethyl adjacent to an activating group) is 1. The van der Waals surface area contributed by atoms with Crippen LogP contribution >= 0.6 is 23.2 Å². The first-order valence-electron chi connectivity index (χ1n) is 19.2. The number of aliphatic hydroxyl groups is 2. The first-order valence-corrected chi connectivity index (χ1v) is 23.3. The quantitative estimate of drug-likeness (QED) is 0.0520. The molecule has 0 fully saturated rings. The number of rotatable bonds is 31. The molecule has 2 aromatic carbocycles. The van der Waals surface area contributed by atoms with Crippen molar-refractivity contribution in [1.82, 2.24) is 25.0 Å². The Labute approximate surface area is 361 Å². The topological polar surface area (TPSA) is 250 Å². The number of fused-ring (bicyclic) bond motifs is 1. The van der Waals surface area contributed by atoms with Gasteiger partial charge in [0, 0.05) is 55.2 Å². The SMILES string of the molecule is CN1Cc2c(Cl)cc(Cl)cc2[C@H](c2cccc(S(=O)(=O)NCCOCCOCCOCCNC(=O)[C@@H](O)[C@H](O)C(=O)NCCOCCOCCOCCNS(C)(=O)=O)c2)C1. The summed E-state index contributed by atoms with van der Waals surface area (Å²) in [7, 11) is -5.07. The molecule has 340 valence electrons. The average molecular weight is 931 g/mol. The molecule has 1 heterocycles. The third-order valence-electron chi connectivity index (χ3n) is 8.63. The minimum absolute atomic E-state index is 0.00555. The molecular weight excluding hydrogens is 873 g/mol. The molecule has 3 rings (SSSR count). The molecule has 1 aliphatic rings. The molecule has 0 spiro atoms. The number of hydrogen-bond donors (Lipinski definition) is 6. The lowest BCUT2D eigenvalue weighted by molar-refractivity contribution is -0.146. The van der Waals surface area contributed by atoms with E-state index in [-0.39, 0.29) is 116 Å². The largest absolute Gasteiger partial charge is 0.380 e. The lowest BCUT2D eigenvalue weighted by Crippen LogP contribution is -2.50. The Bertz CT molecular complexity index is 1850. The molecule has 0 unspecified atom stereocenters. The highest BCUT2D eigenvalue weighted by molar-refractivity contribution is 7.89. The number of carbonyl (C=O) groups excluding carboxylic acids is 2. The number of benzene rings is 2. The van der Waals surface area contributed by atoms with Crippen LogP contribution in [-0.4, -0.2) is 181 Å². The van der Waals surface area contributed by atoms with E-state index in [0.29, 0.717) is 23.1 Å². The molecule has 6 N–H and O–H groups in total. The second-order valence-corrected chi connectivity index (χ2v) is 17.9. The van der Waals surface area contributed by atoms with Crippen LogP contribution in [0.15, 0.2) is 41.3 Å². The van der Waals surface area contributed by atoms with Crippen molar-refractivity contribution in [2.24, 2.45) is 0 Å². The summed E-state index contributed by atoms with van der Waals surface area (Å²) >= 11 is 12.8. The highest BCUT2D eigenvalue weighted by atomic mass is 35.5. The molecule has 0 saturated carbocycles. The zero-order chi connectivity index (χ0) is 44.0. The van der Waals surface area contributed by atoms with Crippen LogP contribution in [0.2, 0.25) is 10.0 Å². The van der Waals surface area contributed by atoms with Crippen molar-refractivity contribution < 1.29 is 65.1 Å². The number of amides is 2. The smallest absolute Gasteiger partial charge is 0.252 e. The average Bonchev–Trinajstić information content (AvgIpc) is 3.20. The van der Waals surface area contributed by atoms with Crippen LogP contribution < -0.4 is 20.1 Å². The van der Waals surface area contributed by atoms with Crippen molar-refractivity contribution in [3.63, 3.8) is 0 Å². The van der Waals surface area contributed by atoms with Crippen LogP contribution in [-0.2, 0) is 64.6 Å². The summed E-state index contributed by atoms with van der Waals surface area (Å²) < 4.78 is 85.0. The summed E-state index contributed by atoms with van der Waals surface area (Å²) in [5.41, 5.74) is 2.80. The molecule has 2 aromatic rings. The fraction of sp³-hybridized carbons (Fsp3) is 0.622. The number of halogens is 2. The Morgan fingerprint density at radius 1 is 0.717 bits per heavy atom. The van der Waals surface area contributed by atoms with Gasteiger partial charge in [0.05, 0.1) is 90.4 Å². The first-order chi connectivity index (χ1) is 28.6. The van der Waals surface area contributed by atoms with Gasteiger partial charge in [-0.3, -0.25) is 9.59 Å².